The quantitative estimate of drug-likeness (QED) is 0.838. The lowest BCUT2D eigenvalue weighted by Gasteiger charge is -2.43. The van der Waals surface area contributed by atoms with Crippen LogP contribution in [0.2, 0.25) is 0 Å². The molecular weight excluding hydrogens is 246 g/mol. The predicted octanol–water partition coefficient (Wildman–Crippen LogP) is 2.89. The number of carbonyl (C=O) groups excluding carboxylic acids is 1. The Morgan fingerprint density at radius 1 is 1.37 bits per heavy atom. The van der Waals surface area contributed by atoms with E-state index in [0.717, 1.165) is 6.42 Å². The molecule has 1 rings (SSSR count). The maximum absolute atomic E-state index is 12.1. The van der Waals surface area contributed by atoms with E-state index in [0.29, 0.717) is 13.0 Å². The van der Waals surface area contributed by atoms with Gasteiger partial charge in [0.1, 0.15) is 5.60 Å². The van der Waals surface area contributed by atoms with Crippen molar-refractivity contribution in [2.24, 2.45) is 5.41 Å². The molecule has 19 heavy (non-hydrogen) atoms. The van der Waals surface area contributed by atoms with Crippen LogP contribution in [0.25, 0.3) is 0 Å². The summed E-state index contributed by atoms with van der Waals surface area (Å²) >= 11 is 0. The van der Waals surface area contributed by atoms with Gasteiger partial charge in [0, 0.05) is 12.6 Å². The molecule has 1 amide bonds. The smallest absolute Gasteiger partial charge is 0.410 e. The van der Waals surface area contributed by atoms with Crippen LogP contribution in [0, 0.1) is 5.41 Å². The van der Waals surface area contributed by atoms with Crippen LogP contribution in [0.5, 0.6) is 0 Å². The Kier molecular flexibility index (Phi) is 4.48. The molecule has 0 radical (unpaired) electrons. The lowest BCUT2D eigenvalue weighted by Crippen LogP contribution is -2.50. The van der Waals surface area contributed by atoms with Crippen molar-refractivity contribution in [2.75, 3.05) is 6.54 Å². The molecule has 0 saturated carbocycles. The SMILES string of the molecule is CC1(C)CCN(C(=O)OC(C)(C)C)C(CC(=O)O)C1. The normalized spacial score (nSPS) is 23.0. The van der Waals surface area contributed by atoms with Crippen LogP contribution in [-0.4, -0.2) is 40.3 Å². The van der Waals surface area contributed by atoms with E-state index in [9.17, 15) is 9.59 Å². The highest BCUT2D eigenvalue weighted by Gasteiger charge is 2.38. The van der Waals surface area contributed by atoms with E-state index in [4.69, 9.17) is 9.84 Å². The number of amides is 1. The number of carbonyl (C=O) groups is 2. The fourth-order valence-corrected chi connectivity index (χ4v) is 2.40. The summed E-state index contributed by atoms with van der Waals surface area (Å²) in [6, 6.07) is -0.281. The second-order valence-corrected chi connectivity index (χ2v) is 7.04. The van der Waals surface area contributed by atoms with Gasteiger partial charge < -0.3 is 14.7 Å². The first-order valence-corrected chi connectivity index (χ1v) is 6.72. The fraction of sp³-hybridized carbons (Fsp3) is 0.857. The molecule has 1 fully saturated rings. The molecule has 1 aliphatic rings. The minimum absolute atomic E-state index is 0.0251. The third kappa shape index (κ3) is 5.09. The topological polar surface area (TPSA) is 66.8 Å². The van der Waals surface area contributed by atoms with Crippen molar-refractivity contribution in [3.63, 3.8) is 0 Å². The van der Waals surface area contributed by atoms with Gasteiger partial charge in [-0.25, -0.2) is 4.79 Å². The highest BCUT2D eigenvalue weighted by atomic mass is 16.6. The van der Waals surface area contributed by atoms with Crippen LogP contribution >= 0.6 is 0 Å². The highest BCUT2D eigenvalue weighted by molar-refractivity contribution is 5.72. The molecule has 0 aromatic carbocycles. The summed E-state index contributed by atoms with van der Waals surface area (Å²) < 4.78 is 5.35. The molecule has 1 saturated heterocycles. The van der Waals surface area contributed by atoms with Crippen molar-refractivity contribution in [1.82, 2.24) is 4.90 Å². The first-order chi connectivity index (χ1) is 8.50. The van der Waals surface area contributed by atoms with E-state index in [2.05, 4.69) is 13.8 Å². The summed E-state index contributed by atoms with van der Waals surface area (Å²) in [5.74, 6) is -0.878. The summed E-state index contributed by atoms with van der Waals surface area (Å²) in [5, 5.41) is 8.99. The number of rotatable bonds is 2. The van der Waals surface area contributed by atoms with Gasteiger partial charge >= 0.3 is 12.1 Å². The molecule has 1 atom stereocenters. The van der Waals surface area contributed by atoms with Crippen molar-refractivity contribution in [3.05, 3.63) is 0 Å². The van der Waals surface area contributed by atoms with Crippen molar-refractivity contribution < 1.29 is 19.4 Å². The molecule has 0 spiro atoms. The van der Waals surface area contributed by atoms with Gasteiger partial charge in [-0.2, -0.15) is 0 Å². The predicted molar refractivity (Wildman–Crippen MR) is 72.0 cm³/mol. The fourth-order valence-electron chi connectivity index (χ4n) is 2.40. The molecule has 1 unspecified atom stereocenters. The monoisotopic (exact) mass is 271 g/mol. The molecule has 0 aromatic rings. The van der Waals surface area contributed by atoms with Gasteiger partial charge in [0.2, 0.25) is 0 Å². The van der Waals surface area contributed by atoms with Crippen molar-refractivity contribution in [3.8, 4) is 0 Å². The van der Waals surface area contributed by atoms with Crippen molar-refractivity contribution in [2.45, 2.75) is 65.5 Å². The van der Waals surface area contributed by atoms with Crippen molar-refractivity contribution >= 4 is 12.1 Å². The summed E-state index contributed by atoms with van der Waals surface area (Å²) in [6.45, 7) is 10.2. The summed E-state index contributed by atoms with van der Waals surface area (Å²) in [5.41, 5.74) is -0.490. The molecule has 1 aliphatic heterocycles. The molecule has 0 bridgehead atoms. The lowest BCUT2D eigenvalue weighted by atomic mass is 9.78. The average Bonchev–Trinajstić information content (AvgIpc) is 2.11. The third-order valence-electron chi connectivity index (χ3n) is 3.30. The van der Waals surface area contributed by atoms with Gasteiger partial charge in [-0.05, 0) is 39.0 Å². The van der Waals surface area contributed by atoms with Crippen LogP contribution in [0.3, 0.4) is 0 Å². The van der Waals surface area contributed by atoms with Gasteiger partial charge in [-0.1, -0.05) is 13.8 Å². The molecule has 5 nitrogen and oxygen atoms in total. The zero-order valence-corrected chi connectivity index (χ0v) is 12.5. The Morgan fingerprint density at radius 3 is 2.42 bits per heavy atom. The molecule has 1 heterocycles. The van der Waals surface area contributed by atoms with E-state index >= 15 is 0 Å². The van der Waals surface area contributed by atoms with Gasteiger partial charge in [-0.15, -0.1) is 0 Å². The van der Waals surface area contributed by atoms with E-state index in [1.165, 1.54) is 0 Å². The summed E-state index contributed by atoms with van der Waals surface area (Å²) in [7, 11) is 0. The zero-order chi connectivity index (χ0) is 14.8. The van der Waals surface area contributed by atoms with Crippen LogP contribution in [0.4, 0.5) is 4.79 Å². The van der Waals surface area contributed by atoms with Gasteiger partial charge in [0.25, 0.3) is 0 Å². The van der Waals surface area contributed by atoms with Gasteiger partial charge in [0.15, 0.2) is 0 Å². The van der Waals surface area contributed by atoms with Crippen molar-refractivity contribution in [1.29, 1.82) is 0 Å². The standard InChI is InChI=1S/C14H25NO4/c1-13(2,3)19-12(18)15-7-6-14(4,5)9-10(15)8-11(16)17/h10H,6-9H2,1-5H3,(H,16,17). The first-order valence-electron chi connectivity index (χ1n) is 6.72. The largest absolute Gasteiger partial charge is 0.481 e. The minimum Gasteiger partial charge on any atom is -0.481 e. The second-order valence-electron chi connectivity index (χ2n) is 7.04. The Hall–Kier alpha value is -1.26. The molecular formula is C14H25NO4. The van der Waals surface area contributed by atoms with Gasteiger partial charge in [0.05, 0.1) is 6.42 Å². The first kappa shape index (κ1) is 15.8. The summed E-state index contributed by atoms with van der Waals surface area (Å²) in [6.07, 6.45) is 1.12. The molecule has 0 aliphatic carbocycles. The third-order valence-corrected chi connectivity index (χ3v) is 3.30. The molecule has 110 valence electrons. The lowest BCUT2D eigenvalue weighted by molar-refractivity contribution is -0.139. The number of ether oxygens (including phenoxy) is 1. The average molecular weight is 271 g/mol. The maximum Gasteiger partial charge on any atom is 0.410 e. The summed E-state index contributed by atoms with van der Waals surface area (Å²) in [4.78, 5) is 24.7. The molecule has 5 heteroatoms. The molecule has 0 aromatic heterocycles. The molecule has 1 N–H and O–H groups in total. The Labute approximate surface area is 114 Å². The maximum atomic E-state index is 12.1. The van der Waals surface area contributed by atoms with Crippen LogP contribution in [0.1, 0.15) is 53.9 Å². The van der Waals surface area contributed by atoms with E-state index < -0.39 is 17.7 Å². The Balaban J connectivity index is 2.79. The van der Waals surface area contributed by atoms with E-state index in [1.807, 2.05) is 20.8 Å². The Morgan fingerprint density at radius 2 is 1.95 bits per heavy atom. The van der Waals surface area contributed by atoms with Crippen LogP contribution < -0.4 is 0 Å². The zero-order valence-electron chi connectivity index (χ0n) is 12.5. The number of carboxylic acids is 1. The van der Waals surface area contributed by atoms with Crippen LogP contribution in [-0.2, 0) is 9.53 Å². The number of nitrogens with zero attached hydrogens (tertiary/aromatic N) is 1. The number of aliphatic carboxylic acids is 1. The van der Waals surface area contributed by atoms with Gasteiger partial charge in [-0.3, -0.25) is 4.79 Å². The Bertz CT molecular complexity index is 357. The number of likely N-dealkylation sites (tertiary alicyclic amines) is 1. The van der Waals surface area contributed by atoms with E-state index in [-0.39, 0.29) is 17.9 Å². The minimum atomic E-state index is -0.878. The number of hydrogen-bond acceptors (Lipinski definition) is 3. The number of hydrogen-bond donors (Lipinski definition) is 1. The van der Waals surface area contributed by atoms with E-state index in [1.54, 1.807) is 4.90 Å². The second kappa shape index (κ2) is 5.39. The highest BCUT2D eigenvalue weighted by Crippen LogP contribution is 2.35. The number of carboxylic acid groups (broad SMARTS) is 1. The van der Waals surface area contributed by atoms with Crippen LogP contribution in [0.15, 0.2) is 0 Å². The number of piperidine rings is 1.